The van der Waals surface area contributed by atoms with Gasteiger partial charge in [0.15, 0.2) is 0 Å². The zero-order valence-electron chi connectivity index (χ0n) is 8.64. The SMILES string of the molecule is CCC1C(=O)NC1CC(=O)C(=[N+]=[N-])C(=O)O. The zero-order chi connectivity index (χ0) is 12.3. The second kappa shape index (κ2) is 4.67. The summed E-state index contributed by atoms with van der Waals surface area (Å²) in [4.78, 5) is 35.3. The van der Waals surface area contributed by atoms with E-state index in [9.17, 15) is 14.4 Å². The highest BCUT2D eigenvalue weighted by molar-refractivity contribution is 6.62. The number of carboxylic acids is 1. The molecule has 2 unspecified atom stereocenters. The number of hydrogen-bond acceptors (Lipinski definition) is 3. The van der Waals surface area contributed by atoms with Crippen LogP contribution in [0.1, 0.15) is 19.8 Å². The fraction of sp³-hybridized carbons (Fsp3) is 0.556. The number of rotatable bonds is 5. The van der Waals surface area contributed by atoms with E-state index in [0.29, 0.717) is 6.42 Å². The molecule has 2 atom stereocenters. The van der Waals surface area contributed by atoms with E-state index < -0.39 is 17.5 Å². The fourth-order valence-corrected chi connectivity index (χ4v) is 1.65. The first-order valence-corrected chi connectivity index (χ1v) is 4.80. The second-order valence-corrected chi connectivity index (χ2v) is 3.51. The predicted molar refractivity (Wildman–Crippen MR) is 51.6 cm³/mol. The van der Waals surface area contributed by atoms with Crippen LogP contribution in [0.3, 0.4) is 0 Å². The molecule has 0 bridgehead atoms. The molecule has 0 aromatic rings. The molecule has 86 valence electrons. The maximum atomic E-state index is 11.4. The van der Waals surface area contributed by atoms with E-state index in [2.05, 4.69) is 10.1 Å². The van der Waals surface area contributed by atoms with Crippen LogP contribution >= 0.6 is 0 Å². The van der Waals surface area contributed by atoms with Gasteiger partial charge in [-0.2, -0.15) is 4.79 Å². The molecule has 0 radical (unpaired) electrons. The number of ketones is 1. The normalized spacial score (nSPS) is 22.7. The van der Waals surface area contributed by atoms with Gasteiger partial charge < -0.3 is 16.0 Å². The number of β-lactam (4-membered cyclic amide) rings is 1. The Balaban J connectivity index is 2.63. The molecule has 7 nitrogen and oxygen atoms in total. The number of carbonyl (C=O) groups is 3. The number of carbonyl (C=O) groups excluding carboxylic acids is 2. The summed E-state index contributed by atoms with van der Waals surface area (Å²) in [7, 11) is 0. The average molecular weight is 225 g/mol. The number of nitrogens with zero attached hydrogens (tertiary/aromatic N) is 2. The third-order valence-corrected chi connectivity index (χ3v) is 2.56. The van der Waals surface area contributed by atoms with Crippen molar-refractivity contribution in [3.63, 3.8) is 0 Å². The van der Waals surface area contributed by atoms with Crippen molar-refractivity contribution in [1.29, 1.82) is 0 Å². The van der Waals surface area contributed by atoms with E-state index >= 15 is 0 Å². The monoisotopic (exact) mass is 225 g/mol. The molecule has 0 aromatic heterocycles. The Morgan fingerprint density at radius 3 is 2.56 bits per heavy atom. The lowest BCUT2D eigenvalue weighted by atomic mass is 9.84. The molecule has 1 saturated heterocycles. The van der Waals surface area contributed by atoms with Crippen molar-refractivity contribution in [1.82, 2.24) is 5.32 Å². The van der Waals surface area contributed by atoms with Gasteiger partial charge in [-0.25, -0.2) is 4.79 Å². The highest BCUT2D eigenvalue weighted by Gasteiger charge is 2.41. The molecule has 7 heteroatoms. The molecule has 0 aromatic carbocycles. The molecule has 1 heterocycles. The largest absolute Gasteiger partial charge is 0.472 e. The topological polar surface area (TPSA) is 120 Å². The molecule has 0 aliphatic carbocycles. The molecule has 1 aliphatic heterocycles. The molecule has 1 fully saturated rings. The van der Waals surface area contributed by atoms with Crippen LogP contribution in [0.15, 0.2) is 0 Å². The Hall–Kier alpha value is -2.01. The van der Waals surface area contributed by atoms with Gasteiger partial charge in [-0.3, -0.25) is 9.59 Å². The first kappa shape index (κ1) is 12.1. The smallest absolute Gasteiger partial charge is 0.441 e. The fourth-order valence-electron chi connectivity index (χ4n) is 1.65. The zero-order valence-corrected chi connectivity index (χ0v) is 8.64. The van der Waals surface area contributed by atoms with Gasteiger partial charge in [0.25, 0.3) is 5.78 Å². The minimum absolute atomic E-state index is 0.141. The molecule has 1 amide bonds. The molecule has 1 aliphatic rings. The third-order valence-electron chi connectivity index (χ3n) is 2.56. The first-order valence-electron chi connectivity index (χ1n) is 4.80. The van der Waals surface area contributed by atoms with Crippen LogP contribution in [0.5, 0.6) is 0 Å². The van der Waals surface area contributed by atoms with Gasteiger partial charge in [0.1, 0.15) is 0 Å². The number of Topliss-reactive ketones (excluding diaryl/α,β-unsaturated/α-hetero) is 1. The van der Waals surface area contributed by atoms with Crippen LogP contribution in [0, 0.1) is 5.92 Å². The number of amides is 1. The first-order chi connectivity index (χ1) is 7.51. The molecule has 2 N–H and O–H groups in total. The van der Waals surface area contributed by atoms with Gasteiger partial charge >= 0.3 is 11.7 Å². The van der Waals surface area contributed by atoms with Gasteiger partial charge in [-0.1, -0.05) is 6.92 Å². The lowest BCUT2D eigenvalue weighted by Crippen LogP contribution is -2.59. The van der Waals surface area contributed by atoms with Crippen molar-refractivity contribution in [2.75, 3.05) is 0 Å². The summed E-state index contributed by atoms with van der Waals surface area (Å²) < 4.78 is 0. The number of nitrogens with one attached hydrogen (secondary N) is 1. The van der Waals surface area contributed by atoms with Crippen molar-refractivity contribution in [2.45, 2.75) is 25.8 Å². The molecule has 0 saturated carbocycles. The number of hydrogen-bond donors (Lipinski definition) is 2. The van der Waals surface area contributed by atoms with Crippen LogP contribution in [0.25, 0.3) is 5.53 Å². The quantitative estimate of drug-likeness (QED) is 0.210. The minimum atomic E-state index is -1.58. The highest BCUT2D eigenvalue weighted by atomic mass is 16.4. The minimum Gasteiger partial charge on any atom is -0.472 e. The van der Waals surface area contributed by atoms with E-state index in [4.69, 9.17) is 10.6 Å². The average Bonchev–Trinajstić information content (AvgIpc) is 2.17. The van der Waals surface area contributed by atoms with Gasteiger partial charge in [0.2, 0.25) is 5.91 Å². The van der Waals surface area contributed by atoms with E-state index in [1.807, 2.05) is 0 Å². The Labute approximate surface area is 91.1 Å². The Bertz CT molecular complexity index is 398. The Morgan fingerprint density at radius 1 is 1.56 bits per heavy atom. The lowest BCUT2D eigenvalue weighted by Gasteiger charge is -2.35. The van der Waals surface area contributed by atoms with E-state index in [1.165, 1.54) is 0 Å². The Kier molecular flexibility index (Phi) is 3.52. The van der Waals surface area contributed by atoms with Crippen LogP contribution in [-0.4, -0.2) is 39.3 Å². The summed E-state index contributed by atoms with van der Waals surface area (Å²) in [6.45, 7) is 1.80. The van der Waals surface area contributed by atoms with Crippen LogP contribution in [0.4, 0.5) is 0 Å². The van der Waals surface area contributed by atoms with E-state index in [-0.39, 0.29) is 24.3 Å². The van der Waals surface area contributed by atoms with Crippen molar-refractivity contribution in [3.05, 3.63) is 5.53 Å². The second-order valence-electron chi connectivity index (χ2n) is 3.51. The maximum absolute atomic E-state index is 11.4. The third kappa shape index (κ3) is 2.14. The van der Waals surface area contributed by atoms with Gasteiger partial charge in [0.05, 0.1) is 5.92 Å². The van der Waals surface area contributed by atoms with Crippen LogP contribution in [0.2, 0.25) is 0 Å². The van der Waals surface area contributed by atoms with Gasteiger partial charge in [-0.05, 0) is 6.42 Å². The summed E-state index contributed by atoms with van der Waals surface area (Å²) in [5, 5.41) is 11.0. The van der Waals surface area contributed by atoms with Crippen LogP contribution < -0.4 is 5.32 Å². The Morgan fingerprint density at radius 2 is 2.19 bits per heavy atom. The van der Waals surface area contributed by atoms with Gasteiger partial charge in [0, 0.05) is 12.5 Å². The van der Waals surface area contributed by atoms with Crippen LogP contribution in [-0.2, 0) is 14.4 Å². The van der Waals surface area contributed by atoms with Crippen molar-refractivity contribution >= 4 is 23.4 Å². The van der Waals surface area contributed by atoms with E-state index in [1.54, 1.807) is 6.92 Å². The van der Waals surface area contributed by atoms with Crippen molar-refractivity contribution in [2.24, 2.45) is 5.92 Å². The van der Waals surface area contributed by atoms with Gasteiger partial charge in [-0.15, -0.1) is 0 Å². The summed E-state index contributed by atoms with van der Waals surface area (Å²) in [6.07, 6.45) is 0.429. The molecule has 1 rings (SSSR count). The highest BCUT2D eigenvalue weighted by Crippen LogP contribution is 2.21. The molecular weight excluding hydrogens is 214 g/mol. The lowest BCUT2D eigenvalue weighted by molar-refractivity contribution is -0.138. The van der Waals surface area contributed by atoms with Crippen molar-refractivity contribution < 1.29 is 24.3 Å². The summed E-state index contributed by atoms with van der Waals surface area (Å²) in [5.74, 6) is -2.78. The number of aliphatic carboxylic acids is 1. The summed E-state index contributed by atoms with van der Waals surface area (Å²) in [5.41, 5.74) is 7.44. The summed E-state index contributed by atoms with van der Waals surface area (Å²) in [6, 6.07) is -0.360. The molecule has 16 heavy (non-hydrogen) atoms. The van der Waals surface area contributed by atoms with E-state index in [0.717, 1.165) is 0 Å². The maximum Gasteiger partial charge on any atom is 0.441 e. The molecule has 0 spiro atoms. The number of carboxylic acid groups (broad SMARTS) is 1. The van der Waals surface area contributed by atoms with Crippen molar-refractivity contribution in [3.8, 4) is 0 Å². The summed E-state index contributed by atoms with van der Waals surface area (Å²) >= 11 is 0. The predicted octanol–water partition coefficient (Wildman–Crippen LogP) is -0.774. The molecular formula is C9H11N3O4. The standard InChI is InChI=1S/C9H11N3O4/c1-2-4-5(11-8(4)14)3-6(13)7(12-10)9(15)16/h4-5H,2-3H2,1H3,(H,11,14)(H,15,16).